The van der Waals surface area contributed by atoms with Crippen molar-refractivity contribution in [2.75, 3.05) is 45.4 Å². The van der Waals surface area contributed by atoms with Gasteiger partial charge in [0.1, 0.15) is 12.3 Å². The molecule has 0 bridgehead atoms. The van der Waals surface area contributed by atoms with E-state index in [9.17, 15) is 9.59 Å². The minimum absolute atomic E-state index is 0.314. The van der Waals surface area contributed by atoms with Gasteiger partial charge in [-0.05, 0) is 17.7 Å². The lowest BCUT2D eigenvalue weighted by atomic mass is 9.94. The molecule has 0 unspecified atom stereocenters. The Morgan fingerprint density at radius 2 is 2.08 bits per heavy atom. The zero-order valence-electron chi connectivity index (χ0n) is 15.0. The highest BCUT2D eigenvalue weighted by Crippen LogP contribution is 2.29. The minimum atomic E-state index is -0.570. The Kier molecular flexibility index (Phi) is 6.05. The number of hydrogen-bond acceptors (Lipinski definition) is 5. The van der Waals surface area contributed by atoms with Gasteiger partial charge in [-0.2, -0.15) is 11.8 Å². The molecule has 7 nitrogen and oxygen atoms in total. The van der Waals surface area contributed by atoms with Crippen LogP contribution in [0.4, 0.5) is 4.79 Å². The van der Waals surface area contributed by atoms with Gasteiger partial charge < -0.3 is 25.0 Å². The van der Waals surface area contributed by atoms with E-state index in [4.69, 9.17) is 9.47 Å². The van der Waals surface area contributed by atoms with Crippen molar-refractivity contribution < 1.29 is 24.0 Å². The minimum Gasteiger partial charge on any atom is -0.497 e. The van der Waals surface area contributed by atoms with Crippen molar-refractivity contribution in [3.8, 4) is 5.75 Å². The standard InChI is InChI=1S/C18H23N3O4S/c1-24-13-5-3-4-12(10-13)16-15(17(22)25-2)14(19-18(23)20-16)11-21-6-8-26-9-7-21/h3-5,10,16H,6-9,11H2,1-2H3,(H2,19,20,23)/p+1/t16-/m0/s1. The molecule has 0 radical (unpaired) electrons. The van der Waals surface area contributed by atoms with Gasteiger partial charge in [0.2, 0.25) is 0 Å². The number of urea groups is 1. The highest BCUT2D eigenvalue weighted by Gasteiger charge is 2.35. The second-order valence-electron chi connectivity index (χ2n) is 6.23. The van der Waals surface area contributed by atoms with Gasteiger partial charge in [0, 0.05) is 11.5 Å². The van der Waals surface area contributed by atoms with Crippen molar-refractivity contribution >= 4 is 23.8 Å². The number of amides is 2. The molecule has 140 valence electrons. The number of nitrogens with one attached hydrogen (secondary N) is 3. The van der Waals surface area contributed by atoms with Gasteiger partial charge in [-0.1, -0.05) is 12.1 Å². The highest BCUT2D eigenvalue weighted by molar-refractivity contribution is 7.99. The molecule has 3 N–H and O–H groups in total. The lowest BCUT2D eigenvalue weighted by Gasteiger charge is -2.31. The number of carbonyl (C=O) groups excluding carboxylic acids is 2. The Balaban J connectivity index is 1.98. The summed E-state index contributed by atoms with van der Waals surface area (Å²) in [5, 5.41) is 5.67. The summed E-state index contributed by atoms with van der Waals surface area (Å²) in [5.41, 5.74) is 1.86. The van der Waals surface area contributed by atoms with Crippen LogP contribution in [0.2, 0.25) is 0 Å². The predicted octanol–water partition coefficient (Wildman–Crippen LogP) is 0.108. The van der Waals surface area contributed by atoms with Gasteiger partial charge in [0.15, 0.2) is 0 Å². The molecule has 2 amide bonds. The SMILES string of the molecule is COC(=O)C1=C(C[NH+]2CCSCC2)NC(=O)N[C@H]1c1cccc(OC)c1. The molecule has 2 aliphatic heterocycles. The molecular weight excluding hydrogens is 354 g/mol. The first kappa shape index (κ1) is 18.6. The third-order valence-corrected chi connectivity index (χ3v) is 5.60. The van der Waals surface area contributed by atoms with E-state index in [0.29, 0.717) is 23.6 Å². The van der Waals surface area contributed by atoms with Crippen molar-refractivity contribution in [1.82, 2.24) is 10.6 Å². The van der Waals surface area contributed by atoms with Crippen LogP contribution in [0.25, 0.3) is 0 Å². The molecule has 2 heterocycles. The van der Waals surface area contributed by atoms with Gasteiger partial charge in [-0.25, -0.2) is 9.59 Å². The van der Waals surface area contributed by atoms with Crippen LogP contribution in [0.3, 0.4) is 0 Å². The predicted molar refractivity (Wildman–Crippen MR) is 99.3 cm³/mol. The van der Waals surface area contributed by atoms with E-state index in [1.165, 1.54) is 12.0 Å². The molecule has 2 aliphatic rings. The number of ether oxygens (including phenoxy) is 2. The van der Waals surface area contributed by atoms with Crippen LogP contribution >= 0.6 is 11.8 Å². The molecule has 26 heavy (non-hydrogen) atoms. The van der Waals surface area contributed by atoms with Gasteiger partial charge >= 0.3 is 12.0 Å². The van der Waals surface area contributed by atoms with Crippen LogP contribution in [0, 0.1) is 0 Å². The molecular formula is C18H24N3O4S+. The number of rotatable bonds is 5. The summed E-state index contributed by atoms with van der Waals surface area (Å²) in [7, 11) is 2.94. The second-order valence-corrected chi connectivity index (χ2v) is 7.46. The number of quaternary nitrogens is 1. The van der Waals surface area contributed by atoms with E-state index in [1.807, 2.05) is 36.0 Å². The van der Waals surface area contributed by atoms with E-state index in [-0.39, 0.29) is 6.03 Å². The summed E-state index contributed by atoms with van der Waals surface area (Å²) in [6, 6.07) is 6.46. The van der Waals surface area contributed by atoms with Crippen LogP contribution in [-0.4, -0.2) is 57.4 Å². The molecule has 1 fully saturated rings. The third kappa shape index (κ3) is 4.13. The Hall–Kier alpha value is -2.19. The molecule has 1 aromatic carbocycles. The Morgan fingerprint density at radius 3 is 2.77 bits per heavy atom. The first-order chi connectivity index (χ1) is 12.6. The van der Waals surface area contributed by atoms with Crippen LogP contribution in [0.15, 0.2) is 35.5 Å². The van der Waals surface area contributed by atoms with E-state index in [1.54, 1.807) is 7.11 Å². The number of methoxy groups -OCH3 is 2. The third-order valence-electron chi connectivity index (χ3n) is 4.61. The molecule has 0 aliphatic carbocycles. The highest BCUT2D eigenvalue weighted by atomic mass is 32.2. The molecule has 1 aromatic rings. The zero-order valence-corrected chi connectivity index (χ0v) is 15.8. The van der Waals surface area contributed by atoms with Crippen LogP contribution in [-0.2, 0) is 9.53 Å². The van der Waals surface area contributed by atoms with Crippen molar-refractivity contribution in [3.05, 3.63) is 41.1 Å². The van der Waals surface area contributed by atoms with Crippen molar-refractivity contribution in [2.24, 2.45) is 0 Å². The van der Waals surface area contributed by atoms with Crippen molar-refractivity contribution in [2.45, 2.75) is 6.04 Å². The zero-order chi connectivity index (χ0) is 18.5. The van der Waals surface area contributed by atoms with E-state index < -0.39 is 12.0 Å². The summed E-state index contributed by atoms with van der Waals surface area (Å²) in [6.45, 7) is 2.62. The van der Waals surface area contributed by atoms with Crippen molar-refractivity contribution in [3.63, 3.8) is 0 Å². The molecule has 8 heteroatoms. The fourth-order valence-electron chi connectivity index (χ4n) is 3.27. The quantitative estimate of drug-likeness (QED) is 0.634. The number of hydrogen-bond donors (Lipinski definition) is 3. The monoisotopic (exact) mass is 378 g/mol. The average Bonchev–Trinajstić information content (AvgIpc) is 2.68. The summed E-state index contributed by atoms with van der Waals surface area (Å²) in [4.78, 5) is 26.2. The maximum absolute atomic E-state index is 12.5. The Labute approximate surface area is 157 Å². The van der Waals surface area contributed by atoms with Gasteiger partial charge in [-0.15, -0.1) is 0 Å². The molecule has 0 aromatic heterocycles. The molecule has 1 atom stereocenters. The van der Waals surface area contributed by atoms with Crippen LogP contribution in [0.1, 0.15) is 11.6 Å². The summed E-state index contributed by atoms with van der Waals surface area (Å²) in [6.07, 6.45) is 0. The molecule has 0 spiro atoms. The van der Waals surface area contributed by atoms with Gasteiger partial charge in [0.25, 0.3) is 0 Å². The first-order valence-corrected chi connectivity index (χ1v) is 9.72. The number of thioether (sulfide) groups is 1. The molecule has 3 rings (SSSR count). The fraction of sp³-hybridized carbons (Fsp3) is 0.444. The van der Waals surface area contributed by atoms with E-state index in [0.717, 1.165) is 30.2 Å². The maximum Gasteiger partial charge on any atom is 0.338 e. The largest absolute Gasteiger partial charge is 0.497 e. The van der Waals surface area contributed by atoms with Gasteiger partial charge in [0.05, 0.1) is 44.6 Å². The number of esters is 1. The first-order valence-electron chi connectivity index (χ1n) is 8.56. The lowest BCUT2D eigenvalue weighted by molar-refractivity contribution is -0.891. The molecule has 1 saturated heterocycles. The normalized spacial score (nSPS) is 21.0. The van der Waals surface area contributed by atoms with Crippen LogP contribution in [0.5, 0.6) is 5.75 Å². The lowest BCUT2D eigenvalue weighted by Crippen LogP contribution is -3.14. The second kappa shape index (κ2) is 8.46. The Morgan fingerprint density at radius 1 is 1.31 bits per heavy atom. The van der Waals surface area contributed by atoms with Crippen molar-refractivity contribution in [1.29, 1.82) is 0 Å². The van der Waals surface area contributed by atoms with Gasteiger partial charge in [-0.3, -0.25) is 0 Å². The van der Waals surface area contributed by atoms with Crippen LogP contribution < -0.4 is 20.3 Å². The summed E-state index contributed by atoms with van der Waals surface area (Å²) in [5.74, 6) is 2.40. The Bertz CT molecular complexity index is 716. The smallest absolute Gasteiger partial charge is 0.338 e. The summed E-state index contributed by atoms with van der Waals surface area (Å²) >= 11 is 1.93. The average molecular weight is 378 g/mol. The topological polar surface area (TPSA) is 81.1 Å². The fourth-order valence-corrected chi connectivity index (χ4v) is 4.34. The number of benzene rings is 1. The maximum atomic E-state index is 12.5. The number of carbonyl (C=O) groups is 2. The van der Waals surface area contributed by atoms with E-state index >= 15 is 0 Å². The van der Waals surface area contributed by atoms with E-state index in [2.05, 4.69) is 10.6 Å². The molecule has 0 saturated carbocycles. The summed E-state index contributed by atoms with van der Waals surface area (Å²) < 4.78 is 10.3.